The van der Waals surface area contributed by atoms with Crippen LogP contribution < -0.4 is 10.1 Å². The van der Waals surface area contributed by atoms with E-state index >= 15 is 0 Å². The van der Waals surface area contributed by atoms with Gasteiger partial charge in [-0.2, -0.15) is 0 Å². The number of methoxy groups -OCH3 is 2. The first-order valence-corrected chi connectivity index (χ1v) is 7.23. The van der Waals surface area contributed by atoms with Gasteiger partial charge < -0.3 is 14.8 Å². The van der Waals surface area contributed by atoms with E-state index in [-0.39, 0.29) is 12.0 Å². The van der Waals surface area contributed by atoms with E-state index in [0.29, 0.717) is 5.92 Å². The molecule has 0 bridgehead atoms. The number of hydrogen-bond donors (Lipinski definition) is 1. The van der Waals surface area contributed by atoms with Crippen LogP contribution in [0, 0.1) is 5.92 Å². The predicted octanol–water partition coefficient (Wildman–Crippen LogP) is 3.23. The minimum Gasteiger partial charge on any atom is -0.497 e. The van der Waals surface area contributed by atoms with Crippen molar-refractivity contribution >= 4 is 11.7 Å². The highest BCUT2D eigenvalue weighted by Crippen LogP contribution is 2.29. The summed E-state index contributed by atoms with van der Waals surface area (Å²) in [7, 11) is 3.09. The molecule has 4 nitrogen and oxygen atoms in total. The third-order valence-corrected chi connectivity index (χ3v) is 3.99. The lowest BCUT2D eigenvalue weighted by molar-refractivity contribution is -0.143. The van der Waals surface area contributed by atoms with E-state index < -0.39 is 0 Å². The van der Waals surface area contributed by atoms with Crippen molar-refractivity contribution in [3.8, 4) is 5.75 Å². The van der Waals surface area contributed by atoms with Gasteiger partial charge in [0, 0.05) is 5.69 Å². The van der Waals surface area contributed by atoms with Gasteiger partial charge in [0.2, 0.25) is 0 Å². The molecule has 1 N–H and O–H groups in total. The van der Waals surface area contributed by atoms with Crippen LogP contribution in [-0.4, -0.2) is 26.2 Å². The van der Waals surface area contributed by atoms with Crippen LogP contribution in [0.2, 0.25) is 0 Å². The zero-order chi connectivity index (χ0) is 14.4. The van der Waals surface area contributed by atoms with Gasteiger partial charge in [-0.05, 0) is 43.0 Å². The SMILES string of the molecule is COC(=O)[C@@H](Nc1ccc(OC)cc1)C1CCCCC1. The second-order valence-electron chi connectivity index (χ2n) is 5.27. The molecular formula is C16H23NO3. The Morgan fingerprint density at radius 2 is 1.80 bits per heavy atom. The Bertz CT molecular complexity index is 424. The zero-order valence-electron chi connectivity index (χ0n) is 12.2. The fraction of sp³-hybridized carbons (Fsp3) is 0.562. The molecule has 0 radical (unpaired) electrons. The minimum atomic E-state index is -0.256. The van der Waals surface area contributed by atoms with Crippen molar-refractivity contribution < 1.29 is 14.3 Å². The summed E-state index contributed by atoms with van der Waals surface area (Å²) in [5.74, 6) is 0.994. The maximum atomic E-state index is 12.0. The van der Waals surface area contributed by atoms with Crippen molar-refractivity contribution in [2.75, 3.05) is 19.5 Å². The first-order valence-electron chi connectivity index (χ1n) is 7.23. The quantitative estimate of drug-likeness (QED) is 0.839. The smallest absolute Gasteiger partial charge is 0.328 e. The van der Waals surface area contributed by atoms with Crippen LogP contribution in [-0.2, 0) is 9.53 Å². The maximum Gasteiger partial charge on any atom is 0.328 e. The first-order chi connectivity index (χ1) is 9.74. The molecule has 2 rings (SSSR count). The summed E-state index contributed by atoms with van der Waals surface area (Å²) in [6.07, 6.45) is 5.84. The summed E-state index contributed by atoms with van der Waals surface area (Å²) < 4.78 is 10.1. The second kappa shape index (κ2) is 7.17. The third-order valence-electron chi connectivity index (χ3n) is 3.99. The summed E-state index contributed by atoms with van der Waals surface area (Å²) in [5, 5.41) is 3.32. The van der Waals surface area contributed by atoms with E-state index in [2.05, 4.69) is 5.32 Å². The van der Waals surface area contributed by atoms with Gasteiger partial charge in [0.1, 0.15) is 11.8 Å². The standard InChI is InChI=1S/C16H23NO3/c1-19-14-10-8-13(9-11-14)17-15(16(18)20-2)12-6-4-3-5-7-12/h8-12,15,17H,3-7H2,1-2H3/t15-/m0/s1. The summed E-state index contributed by atoms with van der Waals surface area (Å²) in [5.41, 5.74) is 0.923. The highest BCUT2D eigenvalue weighted by atomic mass is 16.5. The Hall–Kier alpha value is -1.71. The van der Waals surface area contributed by atoms with Crippen LogP contribution in [0.5, 0.6) is 5.75 Å². The van der Waals surface area contributed by atoms with Gasteiger partial charge in [-0.3, -0.25) is 0 Å². The molecule has 1 saturated carbocycles. The molecule has 1 aromatic rings. The number of rotatable bonds is 5. The van der Waals surface area contributed by atoms with Gasteiger partial charge in [-0.1, -0.05) is 19.3 Å². The van der Waals surface area contributed by atoms with Crippen LogP contribution in [0.25, 0.3) is 0 Å². The average Bonchev–Trinajstić information content (AvgIpc) is 2.53. The molecule has 0 aliphatic heterocycles. The fourth-order valence-corrected chi connectivity index (χ4v) is 2.83. The van der Waals surface area contributed by atoms with E-state index in [9.17, 15) is 4.79 Å². The summed E-state index contributed by atoms with van der Waals surface area (Å²) >= 11 is 0. The van der Waals surface area contributed by atoms with Gasteiger partial charge in [0.25, 0.3) is 0 Å². The van der Waals surface area contributed by atoms with Crippen molar-refractivity contribution in [3.63, 3.8) is 0 Å². The van der Waals surface area contributed by atoms with E-state index in [1.807, 2.05) is 24.3 Å². The highest BCUT2D eigenvalue weighted by Gasteiger charge is 2.30. The molecule has 1 aliphatic rings. The molecule has 0 spiro atoms. The first kappa shape index (κ1) is 14.7. The molecule has 20 heavy (non-hydrogen) atoms. The van der Waals surface area contributed by atoms with Crippen molar-refractivity contribution in [2.45, 2.75) is 38.1 Å². The Labute approximate surface area is 120 Å². The molecule has 1 aromatic carbocycles. The number of anilines is 1. The molecule has 0 saturated heterocycles. The zero-order valence-corrected chi connectivity index (χ0v) is 12.2. The second-order valence-corrected chi connectivity index (χ2v) is 5.27. The van der Waals surface area contributed by atoms with Gasteiger partial charge in [0.05, 0.1) is 14.2 Å². The highest BCUT2D eigenvalue weighted by molar-refractivity contribution is 5.79. The molecule has 4 heteroatoms. The van der Waals surface area contributed by atoms with Crippen molar-refractivity contribution in [1.29, 1.82) is 0 Å². The Morgan fingerprint density at radius 1 is 1.15 bits per heavy atom. The Morgan fingerprint density at radius 3 is 2.35 bits per heavy atom. The third kappa shape index (κ3) is 3.65. The lowest BCUT2D eigenvalue weighted by Gasteiger charge is -2.29. The number of nitrogens with one attached hydrogen (secondary N) is 1. The van der Waals surface area contributed by atoms with Crippen LogP contribution in [0.3, 0.4) is 0 Å². The fourth-order valence-electron chi connectivity index (χ4n) is 2.83. The number of esters is 1. The number of ether oxygens (including phenoxy) is 2. The average molecular weight is 277 g/mol. The molecule has 0 heterocycles. The number of benzene rings is 1. The maximum absolute atomic E-state index is 12.0. The van der Waals surface area contributed by atoms with E-state index in [1.165, 1.54) is 26.4 Å². The predicted molar refractivity (Wildman–Crippen MR) is 79.0 cm³/mol. The monoisotopic (exact) mass is 277 g/mol. The molecule has 0 aromatic heterocycles. The van der Waals surface area contributed by atoms with E-state index in [4.69, 9.17) is 9.47 Å². The van der Waals surface area contributed by atoms with Gasteiger partial charge >= 0.3 is 5.97 Å². The van der Waals surface area contributed by atoms with E-state index in [1.54, 1.807) is 7.11 Å². The number of hydrogen-bond acceptors (Lipinski definition) is 4. The normalized spacial score (nSPS) is 17.3. The van der Waals surface area contributed by atoms with Crippen molar-refractivity contribution in [1.82, 2.24) is 0 Å². The number of carbonyl (C=O) groups is 1. The van der Waals surface area contributed by atoms with Crippen molar-refractivity contribution in [3.05, 3.63) is 24.3 Å². The van der Waals surface area contributed by atoms with Crippen LogP contribution >= 0.6 is 0 Å². The molecule has 1 fully saturated rings. The summed E-state index contributed by atoms with van der Waals surface area (Å²) in [4.78, 5) is 12.0. The van der Waals surface area contributed by atoms with Crippen LogP contribution in [0.15, 0.2) is 24.3 Å². The largest absolute Gasteiger partial charge is 0.497 e. The van der Waals surface area contributed by atoms with Gasteiger partial charge in [0.15, 0.2) is 0 Å². The molecule has 1 aliphatic carbocycles. The topological polar surface area (TPSA) is 47.6 Å². The lowest BCUT2D eigenvalue weighted by Crippen LogP contribution is -2.38. The minimum absolute atomic E-state index is 0.173. The van der Waals surface area contributed by atoms with Crippen LogP contribution in [0.4, 0.5) is 5.69 Å². The molecule has 0 amide bonds. The molecular weight excluding hydrogens is 254 g/mol. The van der Waals surface area contributed by atoms with E-state index in [0.717, 1.165) is 24.3 Å². The Kier molecular flexibility index (Phi) is 5.27. The van der Waals surface area contributed by atoms with Crippen molar-refractivity contribution in [2.24, 2.45) is 5.92 Å². The lowest BCUT2D eigenvalue weighted by atomic mass is 9.83. The molecule has 110 valence electrons. The Balaban J connectivity index is 2.07. The van der Waals surface area contributed by atoms with Gasteiger partial charge in [-0.25, -0.2) is 4.79 Å². The summed E-state index contributed by atoms with van der Waals surface area (Å²) in [6, 6.07) is 7.37. The van der Waals surface area contributed by atoms with Gasteiger partial charge in [-0.15, -0.1) is 0 Å². The number of carbonyl (C=O) groups excluding carboxylic acids is 1. The molecule has 1 atom stereocenters. The van der Waals surface area contributed by atoms with Crippen LogP contribution in [0.1, 0.15) is 32.1 Å². The molecule has 0 unspecified atom stereocenters. The summed E-state index contributed by atoms with van der Waals surface area (Å²) in [6.45, 7) is 0.